The van der Waals surface area contributed by atoms with Crippen molar-refractivity contribution in [1.82, 2.24) is 4.90 Å². The first-order valence-corrected chi connectivity index (χ1v) is 21.3. The summed E-state index contributed by atoms with van der Waals surface area (Å²) < 4.78 is 0. The van der Waals surface area contributed by atoms with Crippen LogP contribution in [0.25, 0.3) is 0 Å². The lowest BCUT2D eigenvalue weighted by Crippen LogP contribution is -2.27. The summed E-state index contributed by atoms with van der Waals surface area (Å²) >= 11 is 0. The third-order valence-corrected chi connectivity index (χ3v) is 10.1. The lowest BCUT2D eigenvalue weighted by atomic mass is 10.0. The molecule has 0 rings (SSSR count). The van der Waals surface area contributed by atoms with Crippen molar-refractivity contribution in [3.8, 4) is 0 Å². The van der Waals surface area contributed by atoms with Crippen molar-refractivity contribution in [2.45, 2.75) is 247 Å². The molecule has 266 valence electrons. The molecule has 0 atom stereocenters. The Morgan fingerprint density at radius 2 is 0.477 bits per heavy atom. The molecule has 0 heterocycles. The van der Waals surface area contributed by atoms with Crippen LogP contribution in [-0.4, -0.2) is 24.5 Å². The molecule has 0 aliphatic carbocycles. The molecule has 0 aromatic carbocycles. The lowest BCUT2D eigenvalue weighted by Gasteiger charge is -2.22. The Balaban J connectivity index is 3.68. The van der Waals surface area contributed by atoms with Gasteiger partial charge in [-0.25, -0.2) is 0 Å². The molecular formula is C43H89N. The minimum Gasteiger partial charge on any atom is -0.303 e. The summed E-state index contributed by atoms with van der Waals surface area (Å²) in [7, 11) is 0. The first-order chi connectivity index (χ1) is 21.6. The highest BCUT2D eigenvalue weighted by atomic mass is 15.1. The fraction of sp³-hybridized carbons (Fsp3) is 1.00. The summed E-state index contributed by atoms with van der Waals surface area (Å²) in [5, 5.41) is 0. The molecule has 44 heavy (non-hydrogen) atoms. The largest absolute Gasteiger partial charge is 0.303 e. The zero-order valence-corrected chi connectivity index (χ0v) is 32.1. The second-order valence-corrected chi connectivity index (χ2v) is 15.8. The van der Waals surface area contributed by atoms with Crippen LogP contribution >= 0.6 is 0 Å². The van der Waals surface area contributed by atoms with Gasteiger partial charge in [0.2, 0.25) is 0 Å². The SMILES string of the molecule is CCCCCCCN(CCCCCCCCCCCCCCCC(C)C)CCCCCCCCCCCCCCCC(C)C. The van der Waals surface area contributed by atoms with Gasteiger partial charge in [0.15, 0.2) is 0 Å². The molecule has 0 saturated heterocycles. The minimum absolute atomic E-state index is 0.891. The lowest BCUT2D eigenvalue weighted by molar-refractivity contribution is 0.254. The van der Waals surface area contributed by atoms with Gasteiger partial charge >= 0.3 is 0 Å². The van der Waals surface area contributed by atoms with Crippen molar-refractivity contribution in [3.63, 3.8) is 0 Å². The number of hydrogen-bond acceptors (Lipinski definition) is 1. The summed E-state index contributed by atoms with van der Waals surface area (Å²) in [5.74, 6) is 1.78. The van der Waals surface area contributed by atoms with Crippen LogP contribution in [0.1, 0.15) is 247 Å². The van der Waals surface area contributed by atoms with Crippen molar-refractivity contribution in [3.05, 3.63) is 0 Å². The molecule has 0 aromatic heterocycles. The first kappa shape index (κ1) is 44.0. The molecule has 0 N–H and O–H groups in total. The van der Waals surface area contributed by atoms with Crippen LogP contribution in [0.3, 0.4) is 0 Å². The topological polar surface area (TPSA) is 3.24 Å². The van der Waals surface area contributed by atoms with E-state index in [1.807, 2.05) is 0 Å². The summed E-state index contributed by atoms with van der Waals surface area (Å²) in [6.07, 6.45) is 48.2. The fourth-order valence-electron chi connectivity index (χ4n) is 6.94. The van der Waals surface area contributed by atoms with E-state index >= 15 is 0 Å². The van der Waals surface area contributed by atoms with Gasteiger partial charge in [0.25, 0.3) is 0 Å². The van der Waals surface area contributed by atoms with Gasteiger partial charge in [-0.1, -0.05) is 227 Å². The van der Waals surface area contributed by atoms with Crippen molar-refractivity contribution >= 4 is 0 Å². The van der Waals surface area contributed by atoms with Crippen LogP contribution in [0.2, 0.25) is 0 Å². The number of rotatable bonds is 38. The van der Waals surface area contributed by atoms with E-state index in [1.54, 1.807) is 0 Å². The first-order valence-electron chi connectivity index (χ1n) is 21.3. The molecule has 0 radical (unpaired) electrons. The van der Waals surface area contributed by atoms with Crippen LogP contribution in [0, 0.1) is 11.8 Å². The average Bonchev–Trinajstić information content (AvgIpc) is 3.00. The van der Waals surface area contributed by atoms with Gasteiger partial charge in [-0.05, 0) is 50.7 Å². The van der Waals surface area contributed by atoms with E-state index in [1.165, 1.54) is 232 Å². The predicted molar refractivity (Wildman–Crippen MR) is 204 cm³/mol. The van der Waals surface area contributed by atoms with Crippen molar-refractivity contribution in [2.24, 2.45) is 11.8 Å². The van der Waals surface area contributed by atoms with Crippen LogP contribution in [0.5, 0.6) is 0 Å². The van der Waals surface area contributed by atoms with Crippen LogP contribution in [0.15, 0.2) is 0 Å². The van der Waals surface area contributed by atoms with Crippen molar-refractivity contribution < 1.29 is 0 Å². The molecule has 0 saturated carbocycles. The number of nitrogens with zero attached hydrogens (tertiary/aromatic N) is 1. The second-order valence-electron chi connectivity index (χ2n) is 15.8. The molecule has 0 aliphatic heterocycles. The van der Waals surface area contributed by atoms with E-state index in [-0.39, 0.29) is 0 Å². The third kappa shape index (κ3) is 38.1. The molecular weight excluding hydrogens is 530 g/mol. The summed E-state index contributed by atoms with van der Waals surface area (Å²) in [4.78, 5) is 2.84. The Hall–Kier alpha value is -0.0400. The van der Waals surface area contributed by atoms with E-state index in [4.69, 9.17) is 0 Å². The van der Waals surface area contributed by atoms with Gasteiger partial charge in [-0.3, -0.25) is 0 Å². The maximum Gasteiger partial charge on any atom is -0.00187 e. The molecule has 0 fully saturated rings. The highest BCUT2D eigenvalue weighted by Gasteiger charge is 2.05. The Morgan fingerprint density at radius 3 is 0.705 bits per heavy atom. The van der Waals surface area contributed by atoms with Crippen molar-refractivity contribution in [1.29, 1.82) is 0 Å². The van der Waals surface area contributed by atoms with Crippen LogP contribution in [-0.2, 0) is 0 Å². The second kappa shape index (κ2) is 37.4. The maximum absolute atomic E-state index is 2.84. The fourth-order valence-corrected chi connectivity index (χ4v) is 6.94. The number of hydrogen-bond donors (Lipinski definition) is 0. The highest BCUT2D eigenvalue weighted by Crippen LogP contribution is 2.17. The minimum atomic E-state index is 0.891. The zero-order valence-electron chi connectivity index (χ0n) is 32.1. The Morgan fingerprint density at radius 1 is 0.273 bits per heavy atom. The highest BCUT2D eigenvalue weighted by molar-refractivity contribution is 4.61. The standard InChI is InChI=1S/C43H89N/c1-6-7-8-29-34-39-44(40-35-30-25-21-17-13-9-11-15-19-23-27-32-37-42(2)3)41-36-31-26-22-18-14-10-12-16-20-24-28-33-38-43(4)5/h42-43H,6-41H2,1-5H3. The maximum atomic E-state index is 2.84. The molecule has 0 bridgehead atoms. The van der Waals surface area contributed by atoms with E-state index in [0.717, 1.165) is 11.8 Å². The Kier molecular flexibility index (Phi) is 37.4. The van der Waals surface area contributed by atoms with Gasteiger partial charge in [0.05, 0.1) is 0 Å². The molecule has 0 amide bonds. The molecule has 0 aromatic rings. The predicted octanol–water partition coefficient (Wildman–Crippen LogP) is 15.5. The van der Waals surface area contributed by atoms with Gasteiger partial charge in [0.1, 0.15) is 0 Å². The molecule has 1 heteroatoms. The summed E-state index contributed by atoms with van der Waals surface area (Å²) in [6, 6.07) is 0. The Labute approximate surface area is 282 Å². The van der Waals surface area contributed by atoms with Gasteiger partial charge < -0.3 is 4.90 Å². The smallest absolute Gasteiger partial charge is 0.00187 e. The van der Waals surface area contributed by atoms with Crippen molar-refractivity contribution in [2.75, 3.05) is 19.6 Å². The van der Waals surface area contributed by atoms with Gasteiger partial charge in [-0.15, -0.1) is 0 Å². The molecule has 0 unspecified atom stereocenters. The monoisotopic (exact) mass is 620 g/mol. The quantitative estimate of drug-likeness (QED) is 0.0621. The normalized spacial score (nSPS) is 12.0. The third-order valence-electron chi connectivity index (χ3n) is 10.1. The zero-order chi connectivity index (χ0) is 32.2. The van der Waals surface area contributed by atoms with Gasteiger partial charge in [0, 0.05) is 0 Å². The molecule has 0 spiro atoms. The summed E-state index contributed by atoms with van der Waals surface area (Å²) in [6.45, 7) is 15.8. The molecule has 1 nitrogen and oxygen atoms in total. The van der Waals surface area contributed by atoms with E-state index in [0.29, 0.717) is 0 Å². The van der Waals surface area contributed by atoms with E-state index in [2.05, 4.69) is 39.5 Å². The van der Waals surface area contributed by atoms with E-state index in [9.17, 15) is 0 Å². The number of unbranched alkanes of at least 4 members (excludes halogenated alkanes) is 28. The van der Waals surface area contributed by atoms with E-state index < -0.39 is 0 Å². The molecule has 0 aliphatic rings. The van der Waals surface area contributed by atoms with Crippen LogP contribution < -0.4 is 0 Å². The Bertz CT molecular complexity index is 459. The summed E-state index contributed by atoms with van der Waals surface area (Å²) in [5.41, 5.74) is 0. The average molecular weight is 620 g/mol. The van der Waals surface area contributed by atoms with Crippen LogP contribution in [0.4, 0.5) is 0 Å². The van der Waals surface area contributed by atoms with Gasteiger partial charge in [-0.2, -0.15) is 0 Å².